The number of nitrogens with two attached hydrogens (primary N) is 1. The maximum atomic E-state index is 6.16. The zero-order valence-electron chi connectivity index (χ0n) is 15.2. The Morgan fingerprint density at radius 3 is 2.77 bits per heavy atom. The number of rotatable bonds is 4. The third kappa shape index (κ3) is 3.45. The Labute approximate surface area is 152 Å². The maximum absolute atomic E-state index is 6.16. The van der Waals surface area contributed by atoms with Crippen molar-refractivity contribution in [1.29, 1.82) is 0 Å². The zero-order chi connectivity index (χ0) is 18.1. The lowest BCUT2D eigenvalue weighted by Gasteiger charge is -2.31. The number of H-pyrrole nitrogens is 1. The van der Waals surface area contributed by atoms with E-state index in [1.165, 1.54) is 0 Å². The van der Waals surface area contributed by atoms with Crippen LogP contribution in [0.1, 0.15) is 29.9 Å². The molecule has 136 valence electrons. The van der Waals surface area contributed by atoms with Gasteiger partial charge in [-0.05, 0) is 38.3 Å². The summed E-state index contributed by atoms with van der Waals surface area (Å²) in [5.74, 6) is 2.06. The van der Waals surface area contributed by atoms with E-state index < -0.39 is 0 Å². The summed E-state index contributed by atoms with van der Waals surface area (Å²) in [5, 5.41) is 4.28. The van der Waals surface area contributed by atoms with E-state index in [1.54, 1.807) is 6.20 Å². The molecule has 0 radical (unpaired) electrons. The molecule has 8 nitrogen and oxygen atoms in total. The molecule has 4 heterocycles. The summed E-state index contributed by atoms with van der Waals surface area (Å²) in [6, 6.07) is 2.34. The lowest BCUT2D eigenvalue weighted by Crippen LogP contribution is -2.39. The standard InChI is InChI=1S/C18H24N8/c1-11-9-12(2)22-17-15(11)16(19)24-18(25-17)23-13-3-7-26(8-4-13)10-14-20-5-6-21-14/h5-6,9,13H,3-4,7-8,10H2,1-2H3,(H,20,21)(H3,19,22,23,24,25). The molecule has 8 heteroatoms. The first-order valence-corrected chi connectivity index (χ1v) is 8.97. The summed E-state index contributed by atoms with van der Waals surface area (Å²) in [6.45, 7) is 6.86. The molecule has 0 bridgehead atoms. The van der Waals surface area contributed by atoms with Crippen LogP contribution in [-0.2, 0) is 6.54 Å². The van der Waals surface area contributed by atoms with Gasteiger partial charge in [0, 0.05) is 37.2 Å². The number of aromatic nitrogens is 5. The van der Waals surface area contributed by atoms with Crippen molar-refractivity contribution in [2.45, 2.75) is 39.3 Å². The lowest BCUT2D eigenvalue weighted by molar-refractivity contribution is 0.207. The molecule has 0 spiro atoms. The molecule has 26 heavy (non-hydrogen) atoms. The number of aryl methyl sites for hydroxylation is 2. The van der Waals surface area contributed by atoms with Crippen molar-refractivity contribution in [3.63, 3.8) is 0 Å². The minimum Gasteiger partial charge on any atom is -0.383 e. The number of nitrogens with zero attached hydrogens (tertiary/aromatic N) is 5. The molecule has 0 atom stereocenters. The largest absolute Gasteiger partial charge is 0.383 e. The molecule has 0 amide bonds. The highest BCUT2D eigenvalue weighted by atomic mass is 15.2. The number of imidazole rings is 1. The van der Waals surface area contributed by atoms with Crippen LogP contribution in [0.15, 0.2) is 18.5 Å². The normalized spacial score (nSPS) is 16.2. The summed E-state index contributed by atoms with van der Waals surface area (Å²) < 4.78 is 0. The minimum atomic E-state index is 0.339. The summed E-state index contributed by atoms with van der Waals surface area (Å²) in [7, 11) is 0. The van der Waals surface area contributed by atoms with Gasteiger partial charge < -0.3 is 16.0 Å². The maximum Gasteiger partial charge on any atom is 0.226 e. The number of nitrogen functional groups attached to an aromatic ring is 1. The molecular weight excluding hydrogens is 328 g/mol. The van der Waals surface area contributed by atoms with E-state index in [0.717, 1.165) is 54.9 Å². The van der Waals surface area contributed by atoms with Crippen LogP contribution in [0.2, 0.25) is 0 Å². The number of anilines is 2. The van der Waals surface area contributed by atoms with Crippen molar-refractivity contribution in [2.24, 2.45) is 0 Å². The van der Waals surface area contributed by atoms with Gasteiger partial charge >= 0.3 is 0 Å². The smallest absolute Gasteiger partial charge is 0.226 e. The Hall–Kier alpha value is -2.74. The van der Waals surface area contributed by atoms with Crippen LogP contribution in [0, 0.1) is 13.8 Å². The first-order chi connectivity index (χ1) is 12.6. The SMILES string of the molecule is Cc1cc(C)c2c(N)nc(NC3CCN(Cc4ncc[nH]4)CC3)nc2n1. The van der Waals surface area contributed by atoms with E-state index in [2.05, 4.69) is 35.1 Å². The second-order valence-electron chi connectivity index (χ2n) is 6.94. The molecule has 1 fully saturated rings. The fraction of sp³-hybridized carbons (Fsp3) is 0.444. The molecule has 3 aromatic heterocycles. The average Bonchev–Trinajstić information content (AvgIpc) is 3.08. The molecular formula is C18H24N8. The predicted octanol–water partition coefficient (Wildman–Crippen LogP) is 2.02. The minimum absolute atomic E-state index is 0.339. The van der Waals surface area contributed by atoms with Crippen molar-refractivity contribution in [3.05, 3.63) is 35.5 Å². The molecule has 0 saturated carbocycles. The van der Waals surface area contributed by atoms with E-state index in [4.69, 9.17) is 5.73 Å². The monoisotopic (exact) mass is 352 g/mol. The molecule has 1 saturated heterocycles. The van der Waals surface area contributed by atoms with Crippen molar-refractivity contribution in [1.82, 2.24) is 29.8 Å². The van der Waals surface area contributed by atoms with E-state index in [9.17, 15) is 0 Å². The van der Waals surface area contributed by atoms with Crippen molar-refractivity contribution < 1.29 is 0 Å². The quantitative estimate of drug-likeness (QED) is 0.659. The first-order valence-electron chi connectivity index (χ1n) is 8.97. The van der Waals surface area contributed by atoms with Gasteiger partial charge in [0.05, 0.1) is 11.9 Å². The predicted molar refractivity (Wildman–Crippen MR) is 102 cm³/mol. The van der Waals surface area contributed by atoms with Gasteiger partial charge in [-0.2, -0.15) is 9.97 Å². The van der Waals surface area contributed by atoms with Gasteiger partial charge in [0.2, 0.25) is 5.95 Å². The highest BCUT2D eigenvalue weighted by Gasteiger charge is 2.21. The average molecular weight is 352 g/mol. The Morgan fingerprint density at radius 1 is 1.23 bits per heavy atom. The van der Waals surface area contributed by atoms with E-state index in [-0.39, 0.29) is 0 Å². The topological polar surface area (TPSA) is 109 Å². The summed E-state index contributed by atoms with van der Waals surface area (Å²) >= 11 is 0. The molecule has 1 aliphatic heterocycles. The number of hydrogen-bond acceptors (Lipinski definition) is 7. The highest BCUT2D eigenvalue weighted by Crippen LogP contribution is 2.24. The fourth-order valence-electron chi connectivity index (χ4n) is 3.59. The first kappa shape index (κ1) is 16.7. The Balaban J connectivity index is 1.43. The number of likely N-dealkylation sites (tertiary alicyclic amines) is 1. The number of nitrogens with one attached hydrogen (secondary N) is 2. The summed E-state index contributed by atoms with van der Waals surface area (Å²) in [4.78, 5) is 23.4. The number of piperidine rings is 1. The Bertz CT molecular complexity index is 897. The molecule has 3 aromatic rings. The van der Waals surface area contributed by atoms with E-state index >= 15 is 0 Å². The number of pyridine rings is 1. The van der Waals surface area contributed by atoms with Crippen LogP contribution in [-0.4, -0.2) is 49.0 Å². The highest BCUT2D eigenvalue weighted by molar-refractivity contribution is 5.89. The molecule has 0 aliphatic carbocycles. The third-order valence-electron chi connectivity index (χ3n) is 4.87. The van der Waals surface area contributed by atoms with Crippen molar-refractivity contribution in [2.75, 3.05) is 24.1 Å². The summed E-state index contributed by atoms with van der Waals surface area (Å²) in [5.41, 5.74) is 8.81. The van der Waals surface area contributed by atoms with Crippen LogP contribution in [0.25, 0.3) is 11.0 Å². The fourth-order valence-corrected chi connectivity index (χ4v) is 3.59. The van der Waals surface area contributed by atoms with E-state index in [1.807, 2.05) is 26.1 Å². The van der Waals surface area contributed by atoms with Gasteiger partial charge in [0.1, 0.15) is 11.6 Å². The zero-order valence-corrected chi connectivity index (χ0v) is 15.2. The number of hydrogen-bond donors (Lipinski definition) is 3. The van der Waals surface area contributed by atoms with Gasteiger partial charge in [-0.1, -0.05) is 0 Å². The van der Waals surface area contributed by atoms with Gasteiger partial charge in [0.25, 0.3) is 0 Å². The molecule has 4 N–H and O–H groups in total. The Morgan fingerprint density at radius 2 is 2.04 bits per heavy atom. The van der Waals surface area contributed by atoms with Crippen LogP contribution in [0.4, 0.5) is 11.8 Å². The Kier molecular flexibility index (Phi) is 4.42. The van der Waals surface area contributed by atoms with Crippen LogP contribution in [0.3, 0.4) is 0 Å². The molecule has 0 unspecified atom stereocenters. The van der Waals surface area contributed by atoms with Crippen LogP contribution >= 0.6 is 0 Å². The lowest BCUT2D eigenvalue weighted by atomic mass is 10.1. The molecule has 0 aromatic carbocycles. The second-order valence-corrected chi connectivity index (χ2v) is 6.94. The number of aromatic amines is 1. The molecule has 4 rings (SSSR count). The number of fused-ring (bicyclic) bond motifs is 1. The van der Waals surface area contributed by atoms with Gasteiger partial charge in [-0.15, -0.1) is 0 Å². The van der Waals surface area contributed by atoms with Crippen LogP contribution in [0.5, 0.6) is 0 Å². The van der Waals surface area contributed by atoms with Gasteiger partial charge in [-0.3, -0.25) is 4.90 Å². The molecule has 1 aliphatic rings. The van der Waals surface area contributed by atoms with Gasteiger partial charge in [-0.25, -0.2) is 9.97 Å². The van der Waals surface area contributed by atoms with Gasteiger partial charge in [0.15, 0.2) is 5.65 Å². The second kappa shape index (κ2) is 6.87. The van der Waals surface area contributed by atoms with E-state index in [0.29, 0.717) is 23.5 Å². The van der Waals surface area contributed by atoms with Crippen molar-refractivity contribution in [3.8, 4) is 0 Å². The van der Waals surface area contributed by atoms with Crippen LogP contribution < -0.4 is 11.1 Å². The van der Waals surface area contributed by atoms with Crippen molar-refractivity contribution >= 4 is 22.8 Å². The third-order valence-corrected chi connectivity index (χ3v) is 4.87. The summed E-state index contributed by atoms with van der Waals surface area (Å²) in [6.07, 6.45) is 5.72.